The molecule has 0 aliphatic rings. The molecule has 17 heavy (non-hydrogen) atoms. The lowest BCUT2D eigenvalue weighted by molar-refractivity contribution is 0.0970. The first kappa shape index (κ1) is 12.8. The SMILES string of the molecule is Cc1nn(CC(=O)c2sccc2Br)c(C)c1Cl. The molecule has 0 aliphatic carbocycles. The third kappa shape index (κ3) is 2.46. The average Bonchev–Trinajstić information content (AvgIpc) is 2.80. The molecule has 0 radical (unpaired) electrons. The zero-order chi connectivity index (χ0) is 12.6. The van der Waals surface area contributed by atoms with Crippen molar-refractivity contribution in [3.05, 3.63) is 37.2 Å². The fourth-order valence-corrected chi connectivity index (χ4v) is 3.19. The zero-order valence-corrected chi connectivity index (χ0v) is 12.5. The van der Waals surface area contributed by atoms with Gasteiger partial charge in [-0.15, -0.1) is 11.3 Å². The molecule has 0 bridgehead atoms. The second-order valence-electron chi connectivity index (χ2n) is 3.66. The predicted octanol–water partition coefficient (Wildman–Crippen LogP) is 3.86. The van der Waals surface area contributed by atoms with Crippen LogP contribution in [0.25, 0.3) is 0 Å². The number of hydrogen-bond donors (Lipinski definition) is 0. The van der Waals surface area contributed by atoms with Crippen LogP contribution in [0.4, 0.5) is 0 Å². The summed E-state index contributed by atoms with van der Waals surface area (Å²) < 4.78 is 2.48. The molecular weight excluding hydrogens is 324 g/mol. The maximum atomic E-state index is 12.0. The average molecular weight is 334 g/mol. The lowest BCUT2D eigenvalue weighted by Crippen LogP contribution is -2.12. The van der Waals surface area contributed by atoms with Crippen molar-refractivity contribution < 1.29 is 4.79 Å². The first-order chi connectivity index (χ1) is 8.00. The molecule has 0 fully saturated rings. The summed E-state index contributed by atoms with van der Waals surface area (Å²) in [6.45, 7) is 3.91. The van der Waals surface area contributed by atoms with E-state index in [2.05, 4.69) is 21.0 Å². The van der Waals surface area contributed by atoms with Gasteiger partial charge in [-0.2, -0.15) is 5.10 Å². The van der Waals surface area contributed by atoms with Crippen molar-refractivity contribution in [2.75, 3.05) is 0 Å². The molecule has 0 aliphatic heterocycles. The zero-order valence-electron chi connectivity index (χ0n) is 9.33. The highest BCUT2D eigenvalue weighted by Gasteiger charge is 2.16. The van der Waals surface area contributed by atoms with E-state index in [9.17, 15) is 4.79 Å². The molecule has 2 heterocycles. The Morgan fingerprint density at radius 2 is 2.29 bits per heavy atom. The quantitative estimate of drug-likeness (QED) is 0.799. The van der Waals surface area contributed by atoms with Gasteiger partial charge in [0.15, 0.2) is 5.78 Å². The van der Waals surface area contributed by atoms with Gasteiger partial charge >= 0.3 is 0 Å². The van der Waals surface area contributed by atoms with E-state index in [4.69, 9.17) is 11.6 Å². The molecule has 90 valence electrons. The van der Waals surface area contributed by atoms with E-state index in [1.807, 2.05) is 25.3 Å². The summed E-state index contributed by atoms with van der Waals surface area (Å²) in [7, 11) is 0. The Morgan fingerprint density at radius 1 is 1.59 bits per heavy atom. The summed E-state index contributed by atoms with van der Waals surface area (Å²) in [5.74, 6) is 0.0362. The van der Waals surface area contributed by atoms with E-state index < -0.39 is 0 Å². The summed E-state index contributed by atoms with van der Waals surface area (Å²) in [4.78, 5) is 12.8. The Balaban J connectivity index is 2.25. The molecule has 0 unspecified atom stereocenters. The predicted molar refractivity (Wildman–Crippen MR) is 73.1 cm³/mol. The van der Waals surface area contributed by atoms with Crippen LogP contribution < -0.4 is 0 Å². The molecule has 0 atom stereocenters. The Morgan fingerprint density at radius 3 is 2.76 bits per heavy atom. The molecule has 3 nitrogen and oxygen atoms in total. The Hall–Kier alpha value is -0.650. The monoisotopic (exact) mass is 332 g/mol. The van der Waals surface area contributed by atoms with Gasteiger partial charge in [0.25, 0.3) is 0 Å². The molecule has 2 aromatic heterocycles. The van der Waals surface area contributed by atoms with Gasteiger partial charge < -0.3 is 0 Å². The number of carbonyl (C=O) groups excluding carboxylic acids is 1. The number of ketones is 1. The van der Waals surface area contributed by atoms with Gasteiger partial charge in [0.05, 0.1) is 21.3 Å². The molecular formula is C11H10BrClN2OS. The van der Waals surface area contributed by atoms with Crippen molar-refractivity contribution >= 4 is 44.7 Å². The minimum Gasteiger partial charge on any atom is -0.291 e. The third-order valence-corrected chi connectivity index (χ3v) is 4.88. The number of nitrogens with zero attached hydrogens (tertiary/aromatic N) is 2. The lowest BCUT2D eigenvalue weighted by Gasteiger charge is -2.02. The molecule has 0 aromatic carbocycles. The fourth-order valence-electron chi connectivity index (χ4n) is 1.53. The highest BCUT2D eigenvalue weighted by atomic mass is 79.9. The molecule has 2 aromatic rings. The third-order valence-electron chi connectivity index (χ3n) is 2.46. The van der Waals surface area contributed by atoms with Gasteiger partial charge in [0.2, 0.25) is 0 Å². The number of thiophene rings is 1. The van der Waals surface area contributed by atoms with Crippen LogP contribution in [0.15, 0.2) is 15.9 Å². The molecule has 0 saturated carbocycles. The maximum Gasteiger partial charge on any atom is 0.195 e. The van der Waals surface area contributed by atoms with E-state index in [0.29, 0.717) is 9.90 Å². The minimum atomic E-state index is 0.0362. The number of Topliss-reactive ketones (excluding diaryl/α,β-unsaturated/α-hetero) is 1. The second-order valence-corrected chi connectivity index (χ2v) is 5.81. The van der Waals surface area contributed by atoms with Crippen molar-refractivity contribution in [3.63, 3.8) is 0 Å². The van der Waals surface area contributed by atoms with Crippen molar-refractivity contribution in [1.82, 2.24) is 9.78 Å². The van der Waals surface area contributed by atoms with Crippen molar-refractivity contribution in [2.24, 2.45) is 0 Å². The van der Waals surface area contributed by atoms with Crippen LogP contribution in [0.2, 0.25) is 5.02 Å². The Kier molecular flexibility index (Phi) is 3.70. The number of aromatic nitrogens is 2. The maximum absolute atomic E-state index is 12.0. The lowest BCUT2D eigenvalue weighted by atomic mass is 10.3. The van der Waals surface area contributed by atoms with E-state index in [-0.39, 0.29) is 12.3 Å². The van der Waals surface area contributed by atoms with Crippen LogP contribution >= 0.6 is 38.9 Å². The summed E-state index contributed by atoms with van der Waals surface area (Å²) in [6.07, 6.45) is 0. The largest absolute Gasteiger partial charge is 0.291 e. The van der Waals surface area contributed by atoms with Crippen molar-refractivity contribution in [2.45, 2.75) is 20.4 Å². The first-order valence-corrected chi connectivity index (χ1v) is 7.01. The van der Waals surface area contributed by atoms with Crippen molar-refractivity contribution in [3.8, 4) is 0 Å². The van der Waals surface area contributed by atoms with Crippen LogP contribution in [0.5, 0.6) is 0 Å². The molecule has 0 spiro atoms. The first-order valence-electron chi connectivity index (χ1n) is 4.96. The van der Waals surface area contributed by atoms with Crippen LogP contribution in [0.3, 0.4) is 0 Å². The highest BCUT2D eigenvalue weighted by Crippen LogP contribution is 2.24. The van der Waals surface area contributed by atoms with Gasteiger partial charge in [0, 0.05) is 4.47 Å². The summed E-state index contributed by atoms with van der Waals surface area (Å²) >= 11 is 10.8. The molecule has 6 heteroatoms. The van der Waals surface area contributed by atoms with E-state index in [1.165, 1.54) is 11.3 Å². The van der Waals surface area contributed by atoms with Crippen molar-refractivity contribution in [1.29, 1.82) is 0 Å². The highest BCUT2D eigenvalue weighted by molar-refractivity contribution is 9.10. The molecule has 0 amide bonds. The van der Waals surface area contributed by atoms with Gasteiger partial charge in [-0.3, -0.25) is 9.48 Å². The number of halogens is 2. The van der Waals surface area contributed by atoms with E-state index in [1.54, 1.807) is 4.68 Å². The topological polar surface area (TPSA) is 34.9 Å². The Labute approximate surface area is 117 Å². The number of carbonyl (C=O) groups is 1. The summed E-state index contributed by atoms with van der Waals surface area (Å²) in [6, 6.07) is 1.87. The normalized spacial score (nSPS) is 10.8. The molecule has 2 rings (SSSR count). The van der Waals surface area contributed by atoms with Gasteiger partial charge in [-0.05, 0) is 41.2 Å². The number of rotatable bonds is 3. The van der Waals surface area contributed by atoms with Gasteiger partial charge in [0.1, 0.15) is 6.54 Å². The summed E-state index contributed by atoms with van der Waals surface area (Å²) in [5, 5.41) is 6.75. The standard InChI is InChI=1S/C11H10BrClN2OS/c1-6-10(13)7(2)15(14-6)5-9(16)11-8(12)3-4-17-11/h3-4H,5H2,1-2H3. The second kappa shape index (κ2) is 4.92. The number of hydrogen-bond acceptors (Lipinski definition) is 3. The number of aryl methyl sites for hydroxylation is 1. The smallest absolute Gasteiger partial charge is 0.195 e. The minimum absolute atomic E-state index is 0.0362. The van der Waals surface area contributed by atoms with Crippen LogP contribution in [0, 0.1) is 13.8 Å². The summed E-state index contributed by atoms with van der Waals surface area (Å²) in [5.41, 5.74) is 1.58. The van der Waals surface area contributed by atoms with Crippen LogP contribution in [-0.2, 0) is 6.54 Å². The van der Waals surface area contributed by atoms with Crippen LogP contribution in [-0.4, -0.2) is 15.6 Å². The van der Waals surface area contributed by atoms with Gasteiger partial charge in [-0.1, -0.05) is 11.6 Å². The Bertz CT molecular complexity index is 576. The van der Waals surface area contributed by atoms with Gasteiger partial charge in [-0.25, -0.2) is 0 Å². The van der Waals surface area contributed by atoms with Crippen LogP contribution in [0.1, 0.15) is 21.1 Å². The van der Waals surface area contributed by atoms with E-state index in [0.717, 1.165) is 15.9 Å². The molecule has 0 N–H and O–H groups in total. The molecule has 0 saturated heterocycles. The van der Waals surface area contributed by atoms with E-state index >= 15 is 0 Å². The fraction of sp³-hybridized carbons (Fsp3) is 0.273.